The van der Waals surface area contributed by atoms with Crippen molar-refractivity contribution in [2.24, 2.45) is 0 Å². The number of nitrogens with one attached hydrogen (secondary N) is 1. The van der Waals surface area contributed by atoms with Gasteiger partial charge in [-0.1, -0.05) is 6.92 Å². The molecule has 8 nitrogen and oxygen atoms in total. The van der Waals surface area contributed by atoms with Gasteiger partial charge in [0.1, 0.15) is 42.0 Å². The Morgan fingerprint density at radius 1 is 1.21 bits per heavy atom. The van der Waals surface area contributed by atoms with Gasteiger partial charge in [0, 0.05) is 17.1 Å². The Kier molecular flexibility index (Phi) is 7.72. The van der Waals surface area contributed by atoms with Crippen LogP contribution >= 0.6 is 11.8 Å². The van der Waals surface area contributed by atoms with E-state index in [1.807, 2.05) is 24.8 Å². The topological polar surface area (TPSA) is 112 Å². The molecule has 0 radical (unpaired) electrons. The molecule has 10 heteroatoms. The van der Waals surface area contributed by atoms with Crippen LogP contribution in [0.2, 0.25) is 0 Å². The molecule has 0 saturated carbocycles. The number of aromatic nitrogens is 2. The van der Waals surface area contributed by atoms with Crippen molar-refractivity contribution >= 4 is 39.9 Å². The van der Waals surface area contributed by atoms with Crippen LogP contribution in [-0.4, -0.2) is 64.7 Å². The van der Waals surface area contributed by atoms with Gasteiger partial charge in [0.15, 0.2) is 6.10 Å². The molecule has 2 aromatic carbocycles. The second kappa shape index (κ2) is 10.7. The number of nitrogens with two attached hydrogens (primary N) is 1. The lowest BCUT2D eigenvalue weighted by Gasteiger charge is -2.21. The van der Waals surface area contributed by atoms with Gasteiger partial charge in [-0.05, 0) is 48.8 Å². The minimum absolute atomic E-state index is 0.193. The number of rotatable bonds is 5. The van der Waals surface area contributed by atoms with E-state index in [4.69, 9.17) is 19.9 Å². The van der Waals surface area contributed by atoms with Gasteiger partial charge < -0.3 is 30.4 Å². The van der Waals surface area contributed by atoms with Crippen LogP contribution in [0.15, 0.2) is 36.7 Å². The standard InChI is InChI=1S/C21H21FN4O4.C3H8S/c1-10-4-12(23)6-14-18(10)21(25-9-24-14)26-13-3-2-11(22)5-16(13)30-17-8-29-19-15(27)7-28-20(17)19;1-3-4-2/h2-6,9,15,17,19-20,27H,7-8,23H2,1H3,(H,24,25,26);3H2,1-2H3. The Bertz CT molecular complexity index is 1150. The van der Waals surface area contributed by atoms with E-state index in [2.05, 4.69) is 28.5 Å². The number of benzene rings is 2. The van der Waals surface area contributed by atoms with Crippen LogP contribution in [0.25, 0.3) is 10.9 Å². The molecule has 1 aromatic heterocycles. The van der Waals surface area contributed by atoms with E-state index in [-0.39, 0.29) is 13.2 Å². The number of fused-ring (bicyclic) bond motifs is 2. The first kappa shape index (κ1) is 24.5. The quantitative estimate of drug-likeness (QED) is 0.463. The molecular formula is C24H29FN4O4S. The fraction of sp³-hybridized carbons (Fsp3) is 0.417. The summed E-state index contributed by atoms with van der Waals surface area (Å²) in [4.78, 5) is 8.65. The van der Waals surface area contributed by atoms with E-state index >= 15 is 0 Å². The molecule has 0 amide bonds. The first-order valence-corrected chi connectivity index (χ1v) is 12.4. The Hall–Kier alpha value is -2.66. The SMILES string of the molecule is CCSC.Cc1cc(N)cc2ncnc(Nc3ccc(F)cc3OC3COC4C(O)COC34)c12. The Morgan fingerprint density at radius 2 is 1.97 bits per heavy atom. The molecule has 4 unspecified atom stereocenters. The normalized spacial score (nSPS) is 23.3. The molecular weight excluding hydrogens is 459 g/mol. The number of nitrogens with zero attached hydrogens (tertiary/aromatic N) is 2. The number of aliphatic hydroxyl groups excluding tert-OH is 1. The van der Waals surface area contributed by atoms with Crippen LogP contribution in [0, 0.1) is 12.7 Å². The van der Waals surface area contributed by atoms with Gasteiger partial charge in [-0.2, -0.15) is 11.8 Å². The molecule has 5 rings (SSSR count). The van der Waals surface area contributed by atoms with Crippen molar-refractivity contribution in [1.29, 1.82) is 0 Å². The van der Waals surface area contributed by atoms with Gasteiger partial charge in [0.25, 0.3) is 0 Å². The lowest BCUT2D eigenvalue weighted by atomic mass is 10.1. The maximum Gasteiger partial charge on any atom is 0.151 e. The zero-order valence-electron chi connectivity index (χ0n) is 19.3. The number of anilines is 3. The molecule has 2 aliphatic heterocycles. The lowest BCUT2D eigenvalue weighted by molar-refractivity contribution is 0.00871. The molecule has 2 saturated heterocycles. The first-order valence-electron chi connectivity index (χ1n) is 11.1. The molecule has 2 aliphatic rings. The lowest BCUT2D eigenvalue weighted by Crippen LogP contribution is -2.34. The van der Waals surface area contributed by atoms with Crippen LogP contribution in [0.5, 0.6) is 5.75 Å². The minimum Gasteiger partial charge on any atom is -0.483 e. The zero-order valence-corrected chi connectivity index (χ0v) is 20.1. The number of aliphatic hydroxyl groups is 1. The molecule has 4 N–H and O–H groups in total. The summed E-state index contributed by atoms with van der Waals surface area (Å²) in [6.07, 6.45) is 1.56. The van der Waals surface area contributed by atoms with Gasteiger partial charge in [-0.25, -0.2) is 14.4 Å². The van der Waals surface area contributed by atoms with E-state index in [1.54, 1.807) is 12.1 Å². The number of halogens is 1. The van der Waals surface area contributed by atoms with Gasteiger partial charge in [-0.3, -0.25) is 0 Å². The molecule has 3 heterocycles. The van der Waals surface area contributed by atoms with Gasteiger partial charge >= 0.3 is 0 Å². The van der Waals surface area contributed by atoms with E-state index in [0.717, 1.165) is 10.9 Å². The van der Waals surface area contributed by atoms with E-state index in [0.29, 0.717) is 28.5 Å². The van der Waals surface area contributed by atoms with E-state index in [9.17, 15) is 9.50 Å². The fourth-order valence-electron chi connectivity index (χ4n) is 4.05. The summed E-state index contributed by atoms with van der Waals surface area (Å²) in [6.45, 7) is 4.51. The molecule has 3 aromatic rings. The van der Waals surface area contributed by atoms with Crippen molar-refractivity contribution in [2.75, 3.05) is 36.3 Å². The number of nitrogen functional groups attached to an aromatic ring is 1. The third-order valence-corrected chi connectivity index (χ3v) is 6.28. The number of thioether (sulfide) groups is 1. The van der Waals surface area contributed by atoms with Crippen LogP contribution in [0.4, 0.5) is 21.6 Å². The first-order chi connectivity index (χ1) is 16.4. The second-order valence-corrected chi connectivity index (χ2v) is 9.27. The van der Waals surface area contributed by atoms with Crippen LogP contribution < -0.4 is 15.8 Å². The summed E-state index contributed by atoms with van der Waals surface area (Å²) in [5, 5.41) is 14.0. The molecule has 4 atom stereocenters. The summed E-state index contributed by atoms with van der Waals surface area (Å²) in [7, 11) is 0. The monoisotopic (exact) mass is 488 g/mol. The number of ether oxygens (including phenoxy) is 3. The van der Waals surface area contributed by atoms with Crippen LogP contribution in [0.1, 0.15) is 12.5 Å². The summed E-state index contributed by atoms with van der Waals surface area (Å²) in [5.74, 6) is 1.66. The maximum absolute atomic E-state index is 14.0. The molecule has 0 spiro atoms. The zero-order chi connectivity index (χ0) is 24.2. The molecule has 34 heavy (non-hydrogen) atoms. The predicted molar refractivity (Wildman–Crippen MR) is 132 cm³/mol. The van der Waals surface area contributed by atoms with Crippen molar-refractivity contribution in [3.8, 4) is 5.75 Å². The highest BCUT2D eigenvalue weighted by molar-refractivity contribution is 7.98. The predicted octanol–water partition coefficient (Wildman–Crippen LogP) is 3.68. The van der Waals surface area contributed by atoms with Crippen LogP contribution in [0.3, 0.4) is 0 Å². The molecule has 182 valence electrons. The van der Waals surface area contributed by atoms with Crippen molar-refractivity contribution in [3.63, 3.8) is 0 Å². The highest BCUT2D eigenvalue weighted by atomic mass is 32.2. The van der Waals surface area contributed by atoms with E-state index in [1.165, 1.54) is 24.2 Å². The summed E-state index contributed by atoms with van der Waals surface area (Å²) < 4.78 is 31.3. The third kappa shape index (κ3) is 5.20. The van der Waals surface area contributed by atoms with Gasteiger partial charge in [0.2, 0.25) is 0 Å². The summed E-state index contributed by atoms with van der Waals surface area (Å²) in [5.41, 5.74) is 8.70. The summed E-state index contributed by atoms with van der Waals surface area (Å²) in [6, 6.07) is 7.85. The smallest absolute Gasteiger partial charge is 0.151 e. The highest BCUT2D eigenvalue weighted by Crippen LogP contribution is 2.36. The highest BCUT2D eigenvalue weighted by Gasteiger charge is 2.48. The average molecular weight is 489 g/mol. The van der Waals surface area contributed by atoms with Gasteiger partial charge in [0.05, 0.1) is 24.4 Å². The fourth-order valence-corrected chi connectivity index (χ4v) is 4.05. The van der Waals surface area contributed by atoms with E-state index < -0.39 is 30.2 Å². The Balaban J connectivity index is 0.000000636. The minimum atomic E-state index is -0.684. The van der Waals surface area contributed by atoms with Crippen LogP contribution in [-0.2, 0) is 9.47 Å². The van der Waals surface area contributed by atoms with Gasteiger partial charge in [-0.15, -0.1) is 0 Å². The Morgan fingerprint density at radius 3 is 2.74 bits per heavy atom. The third-order valence-electron chi connectivity index (χ3n) is 5.70. The second-order valence-electron chi connectivity index (χ2n) is 8.12. The van der Waals surface area contributed by atoms with Crippen molar-refractivity contribution in [3.05, 3.63) is 48.0 Å². The number of hydrogen-bond donors (Lipinski definition) is 3. The van der Waals surface area contributed by atoms with Crippen molar-refractivity contribution in [2.45, 2.75) is 38.3 Å². The van der Waals surface area contributed by atoms with Crippen molar-refractivity contribution < 1.29 is 23.7 Å². The largest absolute Gasteiger partial charge is 0.483 e. The maximum atomic E-state index is 14.0. The Labute approximate surface area is 202 Å². The number of aryl methyl sites for hydroxylation is 1. The molecule has 0 aliphatic carbocycles. The summed E-state index contributed by atoms with van der Waals surface area (Å²) >= 11 is 1.86. The molecule has 2 fully saturated rings. The molecule has 0 bridgehead atoms. The van der Waals surface area contributed by atoms with Crippen molar-refractivity contribution in [1.82, 2.24) is 9.97 Å². The average Bonchev–Trinajstić information content (AvgIpc) is 3.38. The number of hydrogen-bond acceptors (Lipinski definition) is 9.